The molecule has 4 N–H and O–H groups in total. The minimum atomic E-state index is -3.03. The Morgan fingerprint density at radius 1 is 1.29 bits per heavy atom. The van der Waals surface area contributed by atoms with Crippen molar-refractivity contribution < 1.29 is 18.6 Å². The molecule has 4 rings (SSSR count). The molecular weight excluding hydrogens is 432 g/mol. The van der Waals surface area contributed by atoms with Crippen molar-refractivity contribution in [1.29, 1.82) is 0 Å². The Balaban J connectivity index is 1.75. The maximum Gasteiger partial charge on any atom is 0.387 e. The highest BCUT2D eigenvalue weighted by Gasteiger charge is 2.22. The zero-order valence-corrected chi connectivity index (χ0v) is 16.7. The van der Waals surface area contributed by atoms with Crippen LogP contribution in [0.25, 0.3) is 16.9 Å². The van der Waals surface area contributed by atoms with E-state index < -0.39 is 12.8 Å². The standard InChI is InChI=1S/C19H18ClF2N7O2/c20-11-3-4-15(31-19(21)22)12(8-11)17-13(10-28(27-17)7-5-23)26-18(30)14-9-24-16-2-1-6-25-29(14)16/h1-4,6,8-10,18-19,26,30H,5,7,23H2. The van der Waals surface area contributed by atoms with Crippen LogP contribution in [0.1, 0.15) is 11.9 Å². The molecule has 9 nitrogen and oxygen atoms in total. The fourth-order valence-electron chi connectivity index (χ4n) is 3.11. The number of imidazole rings is 1. The lowest BCUT2D eigenvalue weighted by atomic mass is 10.1. The number of nitrogens with one attached hydrogen (secondary N) is 1. The van der Waals surface area contributed by atoms with Gasteiger partial charge < -0.3 is 20.9 Å². The van der Waals surface area contributed by atoms with Gasteiger partial charge in [-0.15, -0.1) is 0 Å². The van der Waals surface area contributed by atoms with Crippen molar-refractivity contribution in [2.75, 3.05) is 11.9 Å². The van der Waals surface area contributed by atoms with Gasteiger partial charge in [-0.25, -0.2) is 9.50 Å². The van der Waals surface area contributed by atoms with Gasteiger partial charge in [0, 0.05) is 29.5 Å². The SMILES string of the molecule is NCCn1cc(NC(O)c2cnc3cccnn23)c(-c2cc(Cl)ccc2OC(F)F)n1. The van der Waals surface area contributed by atoms with Gasteiger partial charge in [0.1, 0.15) is 17.1 Å². The fraction of sp³-hybridized carbons (Fsp3) is 0.211. The maximum absolute atomic E-state index is 12.9. The molecule has 1 atom stereocenters. The van der Waals surface area contributed by atoms with Crippen LogP contribution in [0.4, 0.5) is 14.5 Å². The number of fused-ring (bicyclic) bond motifs is 1. The number of rotatable bonds is 8. The summed E-state index contributed by atoms with van der Waals surface area (Å²) in [4.78, 5) is 4.20. The fourth-order valence-corrected chi connectivity index (χ4v) is 3.29. The minimum absolute atomic E-state index is 0.105. The van der Waals surface area contributed by atoms with Gasteiger partial charge in [0.2, 0.25) is 0 Å². The molecule has 162 valence electrons. The van der Waals surface area contributed by atoms with E-state index in [1.54, 1.807) is 24.5 Å². The van der Waals surface area contributed by atoms with Crippen molar-refractivity contribution in [3.05, 3.63) is 59.6 Å². The maximum atomic E-state index is 12.9. The van der Waals surface area contributed by atoms with E-state index in [0.29, 0.717) is 35.1 Å². The number of nitrogens with zero attached hydrogens (tertiary/aromatic N) is 5. The second-order valence-electron chi connectivity index (χ2n) is 6.49. The van der Waals surface area contributed by atoms with Crippen LogP contribution < -0.4 is 15.8 Å². The predicted octanol–water partition coefficient (Wildman–Crippen LogP) is 2.91. The topological polar surface area (TPSA) is 116 Å². The van der Waals surface area contributed by atoms with Gasteiger partial charge in [-0.2, -0.15) is 19.0 Å². The monoisotopic (exact) mass is 449 g/mol. The third kappa shape index (κ3) is 4.43. The van der Waals surface area contributed by atoms with Crippen LogP contribution in [0.2, 0.25) is 5.02 Å². The molecule has 0 radical (unpaired) electrons. The van der Waals surface area contributed by atoms with Crippen molar-refractivity contribution >= 4 is 22.9 Å². The number of hydrogen-bond donors (Lipinski definition) is 3. The molecule has 12 heteroatoms. The number of alkyl halides is 2. The Hall–Kier alpha value is -3.28. The molecule has 3 aromatic heterocycles. The van der Waals surface area contributed by atoms with E-state index >= 15 is 0 Å². The molecule has 0 fully saturated rings. The molecule has 0 saturated heterocycles. The third-order valence-electron chi connectivity index (χ3n) is 4.41. The average molecular weight is 450 g/mol. The second-order valence-corrected chi connectivity index (χ2v) is 6.92. The zero-order chi connectivity index (χ0) is 22.0. The summed E-state index contributed by atoms with van der Waals surface area (Å²) in [5.41, 5.74) is 7.40. The zero-order valence-electron chi connectivity index (χ0n) is 16.0. The first-order valence-electron chi connectivity index (χ1n) is 9.22. The highest BCUT2D eigenvalue weighted by molar-refractivity contribution is 6.31. The third-order valence-corrected chi connectivity index (χ3v) is 4.64. The number of nitrogens with two attached hydrogens (primary N) is 1. The van der Waals surface area contributed by atoms with Crippen LogP contribution in [0.5, 0.6) is 5.75 Å². The predicted molar refractivity (Wildman–Crippen MR) is 110 cm³/mol. The molecule has 0 amide bonds. The Kier molecular flexibility index (Phi) is 5.98. The highest BCUT2D eigenvalue weighted by Crippen LogP contribution is 2.37. The van der Waals surface area contributed by atoms with E-state index in [1.165, 1.54) is 33.6 Å². The summed E-state index contributed by atoms with van der Waals surface area (Å²) in [7, 11) is 0. The number of aromatic nitrogens is 5. The number of aliphatic hydroxyl groups excluding tert-OH is 1. The molecule has 0 bridgehead atoms. The molecule has 1 aromatic carbocycles. The van der Waals surface area contributed by atoms with E-state index in [-0.39, 0.29) is 17.0 Å². The Morgan fingerprint density at radius 3 is 2.90 bits per heavy atom. The number of hydrogen-bond acceptors (Lipinski definition) is 7. The largest absolute Gasteiger partial charge is 0.434 e. The molecule has 0 saturated carbocycles. The lowest BCUT2D eigenvalue weighted by molar-refractivity contribution is -0.0494. The van der Waals surface area contributed by atoms with Crippen molar-refractivity contribution in [2.24, 2.45) is 5.73 Å². The lowest BCUT2D eigenvalue weighted by Crippen LogP contribution is -2.13. The van der Waals surface area contributed by atoms with Crippen LogP contribution in [-0.4, -0.2) is 42.6 Å². The summed E-state index contributed by atoms with van der Waals surface area (Å²) in [5, 5.41) is 22.6. The summed E-state index contributed by atoms with van der Waals surface area (Å²) in [6, 6.07) is 7.70. The summed E-state index contributed by atoms with van der Waals surface area (Å²) in [5.74, 6) is -0.105. The summed E-state index contributed by atoms with van der Waals surface area (Å²) in [6.07, 6.45) is 3.43. The van der Waals surface area contributed by atoms with Crippen LogP contribution >= 0.6 is 11.6 Å². The first-order chi connectivity index (χ1) is 15.0. The number of benzene rings is 1. The first-order valence-corrected chi connectivity index (χ1v) is 9.59. The smallest absolute Gasteiger partial charge is 0.387 e. The Labute approximate surface area is 180 Å². The molecule has 0 aliphatic carbocycles. The molecular formula is C19H18ClF2N7O2. The Morgan fingerprint density at radius 2 is 2.13 bits per heavy atom. The van der Waals surface area contributed by atoms with Gasteiger partial charge in [-0.1, -0.05) is 11.6 Å². The van der Waals surface area contributed by atoms with Crippen LogP contribution in [-0.2, 0) is 6.54 Å². The molecule has 0 aliphatic rings. The average Bonchev–Trinajstić information content (AvgIpc) is 3.33. The minimum Gasteiger partial charge on any atom is -0.434 e. The quantitative estimate of drug-likeness (QED) is 0.354. The van der Waals surface area contributed by atoms with E-state index in [4.69, 9.17) is 17.3 Å². The molecule has 4 aromatic rings. The number of anilines is 1. The van der Waals surface area contributed by atoms with Crippen LogP contribution in [0.15, 0.2) is 48.9 Å². The second kappa shape index (κ2) is 8.84. The van der Waals surface area contributed by atoms with Gasteiger partial charge in [0.05, 0.1) is 18.4 Å². The summed E-state index contributed by atoms with van der Waals surface area (Å²) in [6.45, 7) is -2.36. The van der Waals surface area contributed by atoms with E-state index in [9.17, 15) is 13.9 Å². The van der Waals surface area contributed by atoms with Gasteiger partial charge in [0.15, 0.2) is 11.9 Å². The van der Waals surface area contributed by atoms with Gasteiger partial charge in [-0.3, -0.25) is 4.68 Å². The molecule has 3 heterocycles. The molecule has 0 aliphatic heterocycles. The number of ether oxygens (including phenoxy) is 1. The number of aliphatic hydroxyl groups is 1. The summed E-state index contributed by atoms with van der Waals surface area (Å²) < 4.78 is 33.5. The van der Waals surface area contributed by atoms with E-state index in [2.05, 4.69) is 25.2 Å². The molecule has 31 heavy (non-hydrogen) atoms. The normalized spacial score (nSPS) is 12.5. The van der Waals surface area contributed by atoms with E-state index in [0.717, 1.165) is 0 Å². The van der Waals surface area contributed by atoms with Gasteiger partial charge >= 0.3 is 6.61 Å². The molecule has 0 spiro atoms. The van der Waals surface area contributed by atoms with Crippen molar-refractivity contribution in [3.63, 3.8) is 0 Å². The summed E-state index contributed by atoms with van der Waals surface area (Å²) >= 11 is 6.09. The van der Waals surface area contributed by atoms with Gasteiger partial charge in [0.25, 0.3) is 0 Å². The van der Waals surface area contributed by atoms with E-state index in [1.807, 2.05) is 0 Å². The highest BCUT2D eigenvalue weighted by atomic mass is 35.5. The van der Waals surface area contributed by atoms with Crippen molar-refractivity contribution in [1.82, 2.24) is 24.4 Å². The molecule has 1 unspecified atom stereocenters. The lowest BCUT2D eigenvalue weighted by Gasteiger charge is -2.15. The van der Waals surface area contributed by atoms with Crippen LogP contribution in [0.3, 0.4) is 0 Å². The van der Waals surface area contributed by atoms with Crippen molar-refractivity contribution in [3.8, 4) is 17.0 Å². The Bertz CT molecular complexity index is 1200. The van der Waals surface area contributed by atoms with Gasteiger partial charge in [-0.05, 0) is 30.3 Å². The number of halogens is 3. The van der Waals surface area contributed by atoms with Crippen molar-refractivity contribution in [2.45, 2.75) is 19.4 Å². The first kappa shape index (κ1) is 21.0. The van der Waals surface area contributed by atoms with Crippen LogP contribution in [0, 0.1) is 0 Å².